The Labute approximate surface area is 195 Å². The number of fused-ring (bicyclic) bond motifs is 1. The Bertz CT molecular complexity index is 1490. The van der Waals surface area contributed by atoms with Gasteiger partial charge >= 0.3 is 0 Å². The van der Waals surface area contributed by atoms with Crippen LogP contribution in [0.3, 0.4) is 0 Å². The molecule has 0 saturated heterocycles. The monoisotopic (exact) mass is 451 g/mol. The standard InChI is InChI=1S/C25H21N7O2/c1-17-13-23(31(30-17)11-6-10-26)29-25(33)20-14-22(18-7-3-2-4-8-18)28-24-21(20)15-27-32(24)16-19-9-5-12-34-19/h2-5,7-9,12-15H,6,11,16H2,1H3,(H,29,33). The zero-order valence-corrected chi connectivity index (χ0v) is 18.5. The molecule has 0 unspecified atom stereocenters. The minimum atomic E-state index is -0.305. The van der Waals surface area contributed by atoms with Crippen molar-refractivity contribution >= 4 is 22.8 Å². The van der Waals surface area contributed by atoms with Crippen molar-refractivity contribution < 1.29 is 9.21 Å². The maximum Gasteiger partial charge on any atom is 0.257 e. The van der Waals surface area contributed by atoms with Gasteiger partial charge in [-0.05, 0) is 25.1 Å². The molecule has 0 bridgehead atoms. The third-order valence-corrected chi connectivity index (χ3v) is 5.39. The van der Waals surface area contributed by atoms with Crippen molar-refractivity contribution in [3.8, 4) is 17.3 Å². The Morgan fingerprint density at radius 1 is 1.15 bits per heavy atom. The highest BCUT2D eigenvalue weighted by molar-refractivity contribution is 6.12. The molecule has 0 fully saturated rings. The Balaban J connectivity index is 1.58. The zero-order valence-electron chi connectivity index (χ0n) is 18.5. The first-order chi connectivity index (χ1) is 16.6. The van der Waals surface area contributed by atoms with E-state index >= 15 is 0 Å². The number of aryl methyl sites for hydroxylation is 2. The molecule has 0 radical (unpaired) electrons. The van der Waals surface area contributed by atoms with E-state index in [4.69, 9.17) is 14.7 Å². The minimum Gasteiger partial charge on any atom is -0.467 e. The molecule has 0 spiro atoms. The van der Waals surface area contributed by atoms with Crippen LogP contribution in [0, 0.1) is 18.3 Å². The summed E-state index contributed by atoms with van der Waals surface area (Å²) in [6, 6.07) is 19.0. The second kappa shape index (κ2) is 9.03. The second-order valence-electron chi connectivity index (χ2n) is 7.80. The summed E-state index contributed by atoms with van der Waals surface area (Å²) in [5, 5.41) is 21.4. The average molecular weight is 451 g/mol. The Kier molecular flexibility index (Phi) is 5.62. The number of nitrogens with zero attached hydrogens (tertiary/aromatic N) is 6. The van der Waals surface area contributed by atoms with Gasteiger partial charge in [-0.3, -0.25) is 4.79 Å². The van der Waals surface area contributed by atoms with Crippen molar-refractivity contribution in [3.63, 3.8) is 0 Å². The van der Waals surface area contributed by atoms with E-state index in [-0.39, 0.29) is 5.91 Å². The molecule has 0 aliphatic carbocycles. The quantitative estimate of drug-likeness (QED) is 0.392. The highest BCUT2D eigenvalue weighted by Crippen LogP contribution is 2.26. The summed E-state index contributed by atoms with van der Waals surface area (Å²) in [7, 11) is 0. The van der Waals surface area contributed by atoms with E-state index in [2.05, 4.69) is 21.6 Å². The number of carbonyl (C=O) groups is 1. The van der Waals surface area contributed by atoms with E-state index in [9.17, 15) is 4.79 Å². The maximum atomic E-state index is 13.5. The lowest BCUT2D eigenvalue weighted by atomic mass is 10.1. The van der Waals surface area contributed by atoms with Crippen LogP contribution < -0.4 is 5.32 Å². The number of hydrogen-bond donors (Lipinski definition) is 1. The lowest BCUT2D eigenvalue weighted by Gasteiger charge is -2.10. The van der Waals surface area contributed by atoms with E-state index in [1.54, 1.807) is 34.0 Å². The van der Waals surface area contributed by atoms with Gasteiger partial charge in [0.15, 0.2) is 5.65 Å². The normalized spacial score (nSPS) is 10.9. The van der Waals surface area contributed by atoms with E-state index < -0.39 is 0 Å². The first kappa shape index (κ1) is 21.2. The number of nitrogens with one attached hydrogen (secondary N) is 1. The molecular weight excluding hydrogens is 430 g/mol. The van der Waals surface area contributed by atoms with Crippen molar-refractivity contribution in [2.24, 2.45) is 0 Å². The van der Waals surface area contributed by atoms with Crippen LogP contribution in [0.2, 0.25) is 0 Å². The topological polar surface area (TPSA) is 115 Å². The lowest BCUT2D eigenvalue weighted by molar-refractivity contribution is 0.102. The Hall–Kier alpha value is -4.71. The summed E-state index contributed by atoms with van der Waals surface area (Å²) in [5.41, 5.74) is 3.33. The second-order valence-corrected chi connectivity index (χ2v) is 7.80. The number of pyridine rings is 1. The summed E-state index contributed by atoms with van der Waals surface area (Å²) in [6.45, 7) is 2.63. The molecule has 4 aromatic heterocycles. The first-order valence-electron chi connectivity index (χ1n) is 10.8. The van der Waals surface area contributed by atoms with Crippen LogP contribution in [0.15, 0.2) is 71.5 Å². The van der Waals surface area contributed by atoms with E-state index in [0.29, 0.717) is 47.6 Å². The number of nitriles is 1. The smallest absolute Gasteiger partial charge is 0.257 e. The summed E-state index contributed by atoms with van der Waals surface area (Å²) < 4.78 is 8.83. The van der Waals surface area contributed by atoms with Crippen molar-refractivity contribution in [1.29, 1.82) is 5.26 Å². The molecule has 0 aliphatic rings. The summed E-state index contributed by atoms with van der Waals surface area (Å²) >= 11 is 0. The van der Waals surface area contributed by atoms with Crippen LogP contribution in [0.1, 0.15) is 28.2 Å². The SMILES string of the molecule is Cc1cc(NC(=O)c2cc(-c3ccccc3)nc3c2cnn3Cc2ccco2)n(CCC#N)n1. The molecular formula is C25H21N7O2. The number of carbonyl (C=O) groups excluding carboxylic acids is 1. The molecule has 34 heavy (non-hydrogen) atoms. The fourth-order valence-electron chi connectivity index (χ4n) is 3.81. The van der Waals surface area contributed by atoms with Crippen molar-refractivity contribution in [2.75, 3.05) is 5.32 Å². The molecule has 9 nitrogen and oxygen atoms in total. The van der Waals surface area contributed by atoms with Gasteiger partial charge in [-0.15, -0.1) is 0 Å². The van der Waals surface area contributed by atoms with Crippen molar-refractivity contribution in [2.45, 2.75) is 26.4 Å². The van der Waals surface area contributed by atoms with E-state index in [1.165, 1.54) is 0 Å². The predicted molar refractivity (Wildman–Crippen MR) is 126 cm³/mol. The summed E-state index contributed by atoms with van der Waals surface area (Å²) in [5.74, 6) is 0.965. The number of hydrogen-bond acceptors (Lipinski definition) is 6. The Morgan fingerprint density at radius 2 is 2.00 bits per heavy atom. The number of aromatic nitrogens is 5. The fraction of sp³-hybridized carbons (Fsp3) is 0.160. The van der Waals surface area contributed by atoms with Crippen LogP contribution in [0.25, 0.3) is 22.3 Å². The zero-order chi connectivity index (χ0) is 23.5. The van der Waals surface area contributed by atoms with Crippen LogP contribution in [-0.4, -0.2) is 30.5 Å². The van der Waals surface area contributed by atoms with Crippen molar-refractivity contribution in [1.82, 2.24) is 24.5 Å². The summed E-state index contributed by atoms with van der Waals surface area (Å²) in [4.78, 5) is 18.3. The molecule has 1 amide bonds. The van der Waals surface area contributed by atoms with Crippen LogP contribution in [-0.2, 0) is 13.1 Å². The van der Waals surface area contributed by atoms with Gasteiger partial charge in [-0.25, -0.2) is 14.3 Å². The molecule has 9 heteroatoms. The fourth-order valence-corrected chi connectivity index (χ4v) is 3.81. The molecule has 1 N–H and O–H groups in total. The molecule has 0 aliphatic heterocycles. The van der Waals surface area contributed by atoms with Gasteiger partial charge in [0.25, 0.3) is 5.91 Å². The summed E-state index contributed by atoms with van der Waals surface area (Å²) in [6.07, 6.45) is 3.55. The molecule has 0 atom stereocenters. The van der Waals surface area contributed by atoms with Gasteiger partial charge in [-0.1, -0.05) is 30.3 Å². The number of benzene rings is 1. The number of amides is 1. The average Bonchev–Trinajstić information content (AvgIpc) is 3.59. The maximum absolute atomic E-state index is 13.5. The third kappa shape index (κ3) is 4.17. The third-order valence-electron chi connectivity index (χ3n) is 5.39. The van der Waals surface area contributed by atoms with Crippen LogP contribution in [0.4, 0.5) is 5.82 Å². The molecule has 0 saturated carbocycles. The molecule has 4 heterocycles. The lowest BCUT2D eigenvalue weighted by Crippen LogP contribution is -2.16. The number of rotatable bonds is 7. The predicted octanol–water partition coefficient (Wildman–Crippen LogP) is 4.41. The van der Waals surface area contributed by atoms with Crippen LogP contribution in [0.5, 0.6) is 0 Å². The van der Waals surface area contributed by atoms with Crippen LogP contribution >= 0.6 is 0 Å². The van der Waals surface area contributed by atoms with Gasteiger partial charge in [0.2, 0.25) is 0 Å². The molecule has 5 rings (SSSR count). The van der Waals surface area contributed by atoms with Gasteiger partial charge in [-0.2, -0.15) is 15.5 Å². The van der Waals surface area contributed by atoms with Gasteiger partial charge in [0.05, 0.1) is 53.8 Å². The highest BCUT2D eigenvalue weighted by atomic mass is 16.3. The van der Waals surface area contributed by atoms with Gasteiger partial charge in [0, 0.05) is 11.6 Å². The largest absolute Gasteiger partial charge is 0.467 e. The van der Waals surface area contributed by atoms with E-state index in [0.717, 1.165) is 17.0 Å². The van der Waals surface area contributed by atoms with Crippen molar-refractivity contribution in [3.05, 3.63) is 84.1 Å². The highest BCUT2D eigenvalue weighted by Gasteiger charge is 2.19. The van der Waals surface area contributed by atoms with E-state index in [1.807, 2.05) is 49.4 Å². The van der Waals surface area contributed by atoms with Gasteiger partial charge < -0.3 is 9.73 Å². The molecule has 5 aromatic rings. The number of furan rings is 1. The molecule has 1 aromatic carbocycles. The molecule has 168 valence electrons. The van der Waals surface area contributed by atoms with Gasteiger partial charge in [0.1, 0.15) is 18.1 Å². The Morgan fingerprint density at radius 3 is 2.76 bits per heavy atom. The first-order valence-corrected chi connectivity index (χ1v) is 10.8. The minimum absolute atomic E-state index is 0.293. The number of anilines is 1.